The van der Waals surface area contributed by atoms with Gasteiger partial charge < -0.3 is 21.3 Å². The van der Waals surface area contributed by atoms with Crippen molar-refractivity contribution in [2.75, 3.05) is 12.8 Å². The van der Waals surface area contributed by atoms with Gasteiger partial charge in [-0.2, -0.15) is 5.26 Å². The Morgan fingerprint density at radius 3 is 2.52 bits per heavy atom. The summed E-state index contributed by atoms with van der Waals surface area (Å²) in [5.74, 6) is 0.947. The van der Waals surface area contributed by atoms with Crippen LogP contribution in [0, 0.1) is 11.3 Å². The number of ether oxygens (including phenoxy) is 1. The zero-order chi connectivity index (χ0) is 19.4. The van der Waals surface area contributed by atoms with Crippen LogP contribution in [0.5, 0.6) is 11.5 Å². The van der Waals surface area contributed by atoms with E-state index in [2.05, 4.69) is 11.1 Å². The van der Waals surface area contributed by atoms with Gasteiger partial charge in [0.1, 0.15) is 23.4 Å². The van der Waals surface area contributed by atoms with Crippen LogP contribution in [0.2, 0.25) is 0 Å². The molecule has 5 N–H and O–H groups in total. The van der Waals surface area contributed by atoms with Gasteiger partial charge in [-0.3, -0.25) is 0 Å². The van der Waals surface area contributed by atoms with Gasteiger partial charge >= 0.3 is 0 Å². The Balaban J connectivity index is 1.99. The van der Waals surface area contributed by atoms with E-state index < -0.39 is 6.04 Å². The lowest BCUT2D eigenvalue weighted by molar-refractivity contribution is 0.414. The van der Waals surface area contributed by atoms with Crippen LogP contribution in [0.15, 0.2) is 54.6 Å². The van der Waals surface area contributed by atoms with E-state index in [0.717, 1.165) is 11.3 Å². The summed E-state index contributed by atoms with van der Waals surface area (Å²) < 4.78 is 5.16. The van der Waals surface area contributed by atoms with Crippen molar-refractivity contribution < 1.29 is 9.84 Å². The van der Waals surface area contributed by atoms with Gasteiger partial charge in [0.15, 0.2) is 0 Å². The summed E-state index contributed by atoms with van der Waals surface area (Å²) in [5, 5.41) is 19.6. The van der Waals surface area contributed by atoms with E-state index in [0.29, 0.717) is 23.2 Å². The van der Waals surface area contributed by atoms with Gasteiger partial charge in [0.25, 0.3) is 0 Å². The minimum Gasteiger partial charge on any atom is -0.507 e. The number of nitriles is 1. The molecule has 0 aliphatic heterocycles. The molecule has 1 heterocycles. The second-order valence-corrected chi connectivity index (χ2v) is 6.14. The number of methoxy groups -OCH3 is 1. The molecule has 0 saturated carbocycles. The number of anilines is 1. The van der Waals surface area contributed by atoms with E-state index in [1.165, 1.54) is 0 Å². The van der Waals surface area contributed by atoms with Gasteiger partial charge in [0, 0.05) is 11.6 Å². The van der Waals surface area contributed by atoms with Crippen LogP contribution in [0.1, 0.15) is 22.7 Å². The molecule has 0 amide bonds. The van der Waals surface area contributed by atoms with Crippen molar-refractivity contribution in [2.24, 2.45) is 5.73 Å². The number of rotatable bonds is 5. The Bertz CT molecular complexity index is 994. The highest BCUT2D eigenvalue weighted by Crippen LogP contribution is 2.32. The maximum atomic E-state index is 10.1. The summed E-state index contributed by atoms with van der Waals surface area (Å²) >= 11 is 0. The molecule has 27 heavy (non-hydrogen) atoms. The highest BCUT2D eigenvalue weighted by molar-refractivity contribution is 5.71. The third-order valence-corrected chi connectivity index (χ3v) is 4.38. The molecule has 1 aromatic heterocycles. The third kappa shape index (κ3) is 3.84. The SMILES string of the molecule is COc1ccc(C[C@H](N)c2cc(-c3ccccc3O)nc(N)c2C#N)cc1. The highest BCUT2D eigenvalue weighted by atomic mass is 16.5. The van der Waals surface area contributed by atoms with Crippen LogP contribution in [-0.2, 0) is 6.42 Å². The molecule has 1 atom stereocenters. The maximum absolute atomic E-state index is 10.1. The molecule has 0 aliphatic rings. The number of nitrogen functional groups attached to an aromatic ring is 1. The summed E-state index contributed by atoms with van der Waals surface area (Å²) in [4.78, 5) is 4.27. The smallest absolute Gasteiger partial charge is 0.142 e. The predicted octanol–water partition coefficient (Wildman–Crippen LogP) is 3.16. The van der Waals surface area contributed by atoms with Gasteiger partial charge in [-0.05, 0) is 47.9 Å². The monoisotopic (exact) mass is 360 g/mol. The van der Waals surface area contributed by atoms with Gasteiger partial charge in [-0.25, -0.2) is 4.98 Å². The maximum Gasteiger partial charge on any atom is 0.142 e. The number of aromatic hydroxyl groups is 1. The second-order valence-electron chi connectivity index (χ2n) is 6.14. The van der Waals surface area contributed by atoms with Crippen LogP contribution < -0.4 is 16.2 Å². The molecule has 0 radical (unpaired) electrons. The molecule has 2 aromatic carbocycles. The number of hydrogen-bond donors (Lipinski definition) is 3. The molecule has 0 spiro atoms. The number of phenols is 1. The average molecular weight is 360 g/mol. The van der Waals surface area contributed by atoms with Crippen molar-refractivity contribution in [3.8, 4) is 28.8 Å². The van der Waals surface area contributed by atoms with Gasteiger partial charge in [0.05, 0.1) is 18.4 Å². The summed E-state index contributed by atoms with van der Waals surface area (Å²) in [6.45, 7) is 0. The van der Waals surface area contributed by atoms with Crippen LogP contribution >= 0.6 is 0 Å². The minimum atomic E-state index is -0.456. The Hall–Kier alpha value is -3.56. The Kier molecular flexibility index (Phi) is 5.25. The number of hydrogen-bond acceptors (Lipinski definition) is 6. The number of benzene rings is 2. The number of nitrogens with two attached hydrogens (primary N) is 2. The summed E-state index contributed by atoms with van der Waals surface area (Å²) in [5.41, 5.74) is 15.3. The first-order chi connectivity index (χ1) is 13.0. The number of para-hydroxylation sites is 1. The molecule has 0 fully saturated rings. The van der Waals surface area contributed by atoms with Gasteiger partial charge in [-0.15, -0.1) is 0 Å². The Labute approximate surface area is 157 Å². The van der Waals surface area contributed by atoms with Crippen LogP contribution in [-0.4, -0.2) is 17.2 Å². The lowest BCUT2D eigenvalue weighted by Crippen LogP contribution is -2.16. The molecule has 0 unspecified atom stereocenters. The zero-order valence-electron chi connectivity index (χ0n) is 14.9. The first-order valence-corrected chi connectivity index (χ1v) is 8.41. The fourth-order valence-electron chi connectivity index (χ4n) is 2.95. The molecule has 6 nitrogen and oxygen atoms in total. The quantitative estimate of drug-likeness (QED) is 0.643. The number of pyridine rings is 1. The molecule has 0 bridgehead atoms. The van der Waals surface area contributed by atoms with E-state index in [9.17, 15) is 10.4 Å². The lowest BCUT2D eigenvalue weighted by Gasteiger charge is -2.17. The molecule has 0 aliphatic carbocycles. The summed E-state index contributed by atoms with van der Waals surface area (Å²) in [6.07, 6.45) is 0.516. The molecule has 3 rings (SSSR count). The predicted molar refractivity (Wildman–Crippen MR) is 104 cm³/mol. The average Bonchev–Trinajstić information content (AvgIpc) is 2.68. The highest BCUT2D eigenvalue weighted by Gasteiger charge is 2.18. The first kappa shape index (κ1) is 18.2. The Morgan fingerprint density at radius 1 is 1.19 bits per heavy atom. The Morgan fingerprint density at radius 2 is 1.89 bits per heavy atom. The largest absolute Gasteiger partial charge is 0.507 e. The number of phenolic OH excluding ortho intramolecular Hbond substituents is 1. The second kappa shape index (κ2) is 7.77. The molecular formula is C21H20N4O2. The van der Waals surface area contributed by atoms with E-state index in [4.69, 9.17) is 16.2 Å². The van der Waals surface area contributed by atoms with E-state index >= 15 is 0 Å². The van der Waals surface area contributed by atoms with Crippen molar-refractivity contribution in [1.29, 1.82) is 5.26 Å². The van der Waals surface area contributed by atoms with Crippen molar-refractivity contribution >= 4 is 5.82 Å². The normalized spacial score (nSPS) is 11.6. The molecule has 3 aromatic rings. The fourth-order valence-corrected chi connectivity index (χ4v) is 2.95. The molecular weight excluding hydrogens is 340 g/mol. The van der Waals surface area contributed by atoms with E-state index in [-0.39, 0.29) is 17.1 Å². The standard InChI is InChI=1S/C21H20N4O2/c1-27-14-8-6-13(7-9-14)10-18(23)16-11-19(25-21(24)17(16)12-22)15-4-2-3-5-20(15)26/h2-9,11,18,26H,10,23H2,1H3,(H2,24,25)/t18-/m0/s1. The molecule has 136 valence electrons. The van der Waals surface area contributed by atoms with Crippen LogP contribution in [0.3, 0.4) is 0 Å². The van der Waals surface area contributed by atoms with Crippen LogP contribution in [0.4, 0.5) is 5.82 Å². The van der Waals surface area contributed by atoms with E-state index in [1.54, 1.807) is 37.4 Å². The third-order valence-electron chi connectivity index (χ3n) is 4.38. The fraction of sp³-hybridized carbons (Fsp3) is 0.143. The van der Waals surface area contributed by atoms with E-state index in [1.807, 2.05) is 24.3 Å². The van der Waals surface area contributed by atoms with Gasteiger partial charge in [-0.1, -0.05) is 24.3 Å². The molecule has 6 heteroatoms. The van der Waals surface area contributed by atoms with Crippen LogP contribution in [0.25, 0.3) is 11.3 Å². The van der Waals surface area contributed by atoms with Crippen molar-refractivity contribution in [3.05, 3.63) is 71.3 Å². The van der Waals surface area contributed by atoms with Crippen molar-refractivity contribution in [2.45, 2.75) is 12.5 Å². The number of nitrogens with zero attached hydrogens (tertiary/aromatic N) is 2. The summed E-state index contributed by atoms with van der Waals surface area (Å²) in [6, 6.07) is 17.8. The minimum absolute atomic E-state index is 0.0868. The molecule has 0 saturated heterocycles. The summed E-state index contributed by atoms with van der Waals surface area (Å²) in [7, 11) is 1.61. The topological polar surface area (TPSA) is 118 Å². The first-order valence-electron chi connectivity index (χ1n) is 8.41. The van der Waals surface area contributed by atoms with Gasteiger partial charge in [0.2, 0.25) is 0 Å². The van der Waals surface area contributed by atoms with Crippen molar-refractivity contribution in [3.63, 3.8) is 0 Å². The number of aromatic nitrogens is 1. The lowest BCUT2D eigenvalue weighted by atomic mass is 9.94. The van der Waals surface area contributed by atoms with Crippen molar-refractivity contribution in [1.82, 2.24) is 4.98 Å². The zero-order valence-corrected chi connectivity index (χ0v) is 14.9.